The van der Waals surface area contributed by atoms with Crippen molar-refractivity contribution in [2.45, 2.75) is 26.3 Å². The van der Waals surface area contributed by atoms with E-state index in [4.69, 9.17) is 11.6 Å². The smallest absolute Gasteiger partial charge is 0.0888 e. The molecule has 0 aliphatic heterocycles. The van der Waals surface area contributed by atoms with Gasteiger partial charge in [-0.2, -0.15) is 0 Å². The molecule has 0 bridgehead atoms. The van der Waals surface area contributed by atoms with E-state index < -0.39 is 0 Å². The molecule has 0 fully saturated rings. The maximum Gasteiger partial charge on any atom is 0.0888 e. The van der Waals surface area contributed by atoms with Crippen LogP contribution in [0, 0.1) is 6.92 Å². The molecule has 0 spiro atoms. The lowest BCUT2D eigenvalue weighted by atomic mass is 10.0. The van der Waals surface area contributed by atoms with Crippen molar-refractivity contribution in [1.29, 1.82) is 0 Å². The highest BCUT2D eigenvalue weighted by molar-refractivity contribution is 9.11. The lowest BCUT2D eigenvalue weighted by Gasteiger charge is -2.18. The second-order valence-electron chi connectivity index (χ2n) is 4.72. The van der Waals surface area contributed by atoms with Crippen molar-refractivity contribution in [3.8, 4) is 0 Å². The Morgan fingerprint density at radius 3 is 2.55 bits per heavy atom. The van der Waals surface area contributed by atoms with Gasteiger partial charge in [-0.1, -0.05) is 40.5 Å². The average Bonchev–Trinajstić information content (AvgIpc) is 2.69. The summed E-state index contributed by atoms with van der Waals surface area (Å²) in [4.78, 5) is 1.23. The van der Waals surface area contributed by atoms with Crippen molar-refractivity contribution >= 4 is 54.8 Å². The number of thiophene rings is 1. The third-order valence-corrected chi connectivity index (χ3v) is 5.94. The predicted molar refractivity (Wildman–Crippen MR) is 96.0 cm³/mol. The van der Waals surface area contributed by atoms with Crippen molar-refractivity contribution < 1.29 is 0 Å². The zero-order valence-electron chi connectivity index (χ0n) is 11.3. The second kappa shape index (κ2) is 7.41. The van der Waals surface area contributed by atoms with Crippen LogP contribution in [0.25, 0.3) is 0 Å². The number of benzene rings is 1. The normalized spacial score (nSPS) is 12.7. The molecule has 1 unspecified atom stereocenters. The largest absolute Gasteiger partial charge is 0.306 e. The van der Waals surface area contributed by atoms with Gasteiger partial charge in [-0.25, -0.2) is 0 Å². The van der Waals surface area contributed by atoms with E-state index in [1.54, 1.807) is 11.3 Å². The molecule has 0 saturated carbocycles. The Labute approximate surface area is 146 Å². The van der Waals surface area contributed by atoms with Gasteiger partial charge in [0.2, 0.25) is 0 Å². The highest BCUT2D eigenvalue weighted by Crippen LogP contribution is 2.38. The summed E-state index contributed by atoms with van der Waals surface area (Å²) < 4.78 is 2.10. The van der Waals surface area contributed by atoms with Crippen molar-refractivity contribution in [2.75, 3.05) is 6.54 Å². The summed E-state index contributed by atoms with van der Waals surface area (Å²) in [5.41, 5.74) is 2.51. The molecule has 1 nitrogen and oxygen atoms in total. The minimum Gasteiger partial charge on any atom is -0.306 e. The fourth-order valence-corrected chi connectivity index (χ4v) is 4.58. The average molecular weight is 438 g/mol. The number of rotatable bonds is 5. The third kappa shape index (κ3) is 4.08. The van der Waals surface area contributed by atoms with Crippen molar-refractivity contribution in [2.24, 2.45) is 0 Å². The van der Waals surface area contributed by atoms with Gasteiger partial charge in [-0.15, -0.1) is 11.3 Å². The Morgan fingerprint density at radius 2 is 2.00 bits per heavy atom. The molecule has 5 heteroatoms. The van der Waals surface area contributed by atoms with Gasteiger partial charge < -0.3 is 5.32 Å². The van der Waals surface area contributed by atoms with E-state index in [1.165, 1.54) is 16.0 Å². The molecule has 0 saturated heterocycles. The lowest BCUT2D eigenvalue weighted by Crippen LogP contribution is -2.22. The first-order valence-electron chi connectivity index (χ1n) is 6.46. The van der Waals surface area contributed by atoms with Crippen LogP contribution < -0.4 is 5.32 Å². The van der Waals surface area contributed by atoms with E-state index in [0.717, 1.165) is 26.2 Å². The van der Waals surface area contributed by atoms with E-state index in [2.05, 4.69) is 69.2 Å². The van der Waals surface area contributed by atoms with Gasteiger partial charge in [0.15, 0.2) is 0 Å². The summed E-state index contributed by atoms with van der Waals surface area (Å²) in [7, 11) is 0. The van der Waals surface area contributed by atoms with Crippen LogP contribution >= 0.6 is 54.8 Å². The molecule has 1 atom stereocenters. The standard InChI is InChI=1S/C15H16Br2ClNS/c1-3-4-19-14(13-8-12(18)15(17)20-13)10-5-9(2)6-11(16)7-10/h5-8,14,19H,3-4H2,1-2H3. The molecule has 1 aromatic heterocycles. The molecular formula is C15H16Br2ClNS. The Bertz CT molecular complexity index is 558. The minimum absolute atomic E-state index is 0.181. The molecule has 0 amide bonds. The molecule has 1 heterocycles. The van der Waals surface area contributed by atoms with Crippen molar-refractivity contribution in [3.63, 3.8) is 0 Å². The maximum absolute atomic E-state index is 6.18. The van der Waals surface area contributed by atoms with E-state index >= 15 is 0 Å². The zero-order valence-corrected chi connectivity index (χ0v) is 16.1. The van der Waals surface area contributed by atoms with Crippen LogP contribution in [0.15, 0.2) is 32.5 Å². The van der Waals surface area contributed by atoms with Gasteiger partial charge >= 0.3 is 0 Å². The van der Waals surface area contributed by atoms with E-state index in [-0.39, 0.29) is 6.04 Å². The van der Waals surface area contributed by atoms with Gasteiger partial charge in [0.1, 0.15) is 0 Å². The highest BCUT2D eigenvalue weighted by atomic mass is 79.9. The quantitative estimate of drug-likeness (QED) is 0.577. The summed E-state index contributed by atoms with van der Waals surface area (Å²) >= 11 is 15.0. The summed E-state index contributed by atoms with van der Waals surface area (Å²) in [5.74, 6) is 0. The Morgan fingerprint density at radius 1 is 1.25 bits per heavy atom. The Balaban J connectivity index is 2.40. The molecule has 2 rings (SSSR count). The van der Waals surface area contributed by atoms with Crippen LogP contribution in [0.2, 0.25) is 5.02 Å². The van der Waals surface area contributed by atoms with Gasteiger partial charge in [-0.05, 0) is 65.1 Å². The van der Waals surface area contributed by atoms with Crippen LogP contribution in [0.5, 0.6) is 0 Å². The summed E-state index contributed by atoms with van der Waals surface area (Å²) in [6, 6.07) is 8.74. The van der Waals surface area contributed by atoms with E-state index in [0.29, 0.717) is 0 Å². The molecule has 0 aliphatic rings. The topological polar surface area (TPSA) is 12.0 Å². The molecule has 2 aromatic rings. The highest BCUT2D eigenvalue weighted by Gasteiger charge is 2.18. The molecule has 1 aromatic carbocycles. The summed E-state index contributed by atoms with van der Waals surface area (Å²) in [6.45, 7) is 5.26. The van der Waals surface area contributed by atoms with Crippen LogP contribution in [-0.2, 0) is 0 Å². The molecule has 20 heavy (non-hydrogen) atoms. The van der Waals surface area contributed by atoms with E-state index in [9.17, 15) is 0 Å². The molecule has 0 aliphatic carbocycles. The fourth-order valence-electron chi connectivity index (χ4n) is 2.11. The van der Waals surface area contributed by atoms with Crippen molar-refractivity contribution in [1.82, 2.24) is 5.32 Å². The predicted octanol–water partition coefficient (Wildman–Crippen LogP) is 6.32. The first kappa shape index (κ1) is 16.5. The van der Waals surface area contributed by atoms with E-state index in [1.807, 2.05) is 6.07 Å². The van der Waals surface area contributed by atoms with Crippen LogP contribution in [0.4, 0.5) is 0 Å². The van der Waals surface area contributed by atoms with Gasteiger partial charge in [0.05, 0.1) is 14.9 Å². The van der Waals surface area contributed by atoms with Gasteiger partial charge in [0, 0.05) is 9.35 Å². The minimum atomic E-state index is 0.181. The van der Waals surface area contributed by atoms with Crippen LogP contribution in [0.3, 0.4) is 0 Å². The van der Waals surface area contributed by atoms with Gasteiger partial charge in [-0.3, -0.25) is 0 Å². The van der Waals surface area contributed by atoms with Crippen molar-refractivity contribution in [3.05, 3.63) is 53.6 Å². The first-order valence-corrected chi connectivity index (χ1v) is 9.24. The number of aryl methyl sites for hydroxylation is 1. The zero-order chi connectivity index (χ0) is 14.7. The number of halogens is 3. The molecular weight excluding hydrogens is 422 g/mol. The number of hydrogen-bond acceptors (Lipinski definition) is 2. The summed E-state index contributed by atoms with van der Waals surface area (Å²) in [6.07, 6.45) is 1.10. The monoisotopic (exact) mass is 435 g/mol. The maximum atomic E-state index is 6.18. The van der Waals surface area contributed by atoms with Gasteiger partial charge in [0.25, 0.3) is 0 Å². The Hall–Kier alpha value is 0.130. The number of nitrogens with one attached hydrogen (secondary N) is 1. The van der Waals surface area contributed by atoms with Crippen LogP contribution in [-0.4, -0.2) is 6.54 Å². The third-order valence-electron chi connectivity index (χ3n) is 2.94. The summed E-state index contributed by atoms with van der Waals surface area (Å²) in [5, 5.41) is 4.38. The fraction of sp³-hybridized carbons (Fsp3) is 0.333. The van der Waals surface area contributed by atoms with Crippen LogP contribution in [0.1, 0.15) is 35.4 Å². The lowest BCUT2D eigenvalue weighted by molar-refractivity contribution is 0.605. The molecule has 108 valence electrons. The Kier molecular flexibility index (Phi) is 6.11. The molecule has 1 N–H and O–H groups in total. The second-order valence-corrected chi connectivity index (χ2v) is 8.44. The SMILES string of the molecule is CCCNC(c1cc(C)cc(Br)c1)c1cc(Cl)c(Br)s1. The molecule has 0 radical (unpaired) electrons. The first-order chi connectivity index (χ1) is 9.51. The number of hydrogen-bond donors (Lipinski definition) is 1.